The third-order valence-corrected chi connectivity index (χ3v) is 5.98. The fourth-order valence-electron chi connectivity index (χ4n) is 4.10. The number of likely N-dealkylation sites (N-methyl/N-ethyl adjacent to an activating group) is 1. The largest absolute Gasteiger partial charge is 0.357 e. The first kappa shape index (κ1) is 20.2. The van der Waals surface area contributed by atoms with Gasteiger partial charge in [-0.25, -0.2) is 0 Å². The van der Waals surface area contributed by atoms with Gasteiger partial charge in [0.05, 0.1) is 12.5 Å². The molecule has 1 N–H and O–H groups in total. The summed E-state index contributed by atoms with van der Waals surface area (Å²) in [6.07, 6.45) is 4.69. The molecule has 30 heavy (non-hydrogen) atoms. The van der Waals surface area contributed by atoms with Crippen LogP contribution in [0.4, 0.5) is 0 Å². The smallest absolute Gasteiger partial charge is 0.242 e. The first-order valence-electron chi connectivity index (χ1n) is 10.0. The van der Waals surface area contributed by atoms with Crippen molar-refractivity contribution in [2.24, 2.45) is 0 Å². The van der Waals surface area contributed by atoms with Crippen molar-refractivity contribution < 1.29 is 9.59 Å². The van der Waals surface area contributed by atoms with Gasteiger partial charge in [-0.05, 0) is 41.0 Å². The monoisotopic (exact) mass is 421 g/mol. The zero-order chi connectivity index (χ0) is 21.1. The summed E-state index contributed by atoms with van der Waals surface area (Å²) < 4.78 is 2.02. The first-order chi connectivity index (χ1) is 14.6. The van der Waals surface area contributed by atoms with Crippen LogP contribution in [0.5, 0.6) is 0 Å². The van der Waals surface area contributed by atoms with Crippen LogP contribution in [0.25, 0.3) is 0 Å². The highest BCUT2D eigenvalue weighted by Crippen LogP contribution is 2.29. The number of carbonyl (C=O) groups is 2. The van der Waals surface area contributed by atoms with Crippen molar-refractivity contribution in [2.45, 2.75) is 31.5 Å². The Kier molecular flexibility index (Phi) is 5.91. The number of nitrogens with zero attached hydrogens (tertiary/aromatic N) is 2. The van der Waals surface area contributed by atoms with Crippen molar-refractivity contribution in [3.8, 4) is 0 Å². The summed E-state index contributed by atoms with van der Waals surface area (Å²) in [6, 6.07) is 18.8. The number of hydrogen-bond acceptors (Lipinski definition) is 2. The Morgan fingerprint density at radius 1 is 1.03 bits per heavy atom. The van der Waals surface area contributed by atoms with Crippen molar-refractivity contribution in [1.82, 2.24) is 14.8 Å². The minimum Gasteiger partial charge on any atom is -0.357 e. The van der Waals surface area contributed by atoms with Gasteiger partial charge < -0.3 is 14.8 Å². The van der Waals surface area contributed by atoms with E-state index in [2.05, 4.69) is 5.32 Å². The molecular formula is C24H24ClN3O2. The zero-order valence-corrected chi connectivity index (χ0v) is 17.5. The highest BCUT2D eigenvalue weighted by molar-refractivity contribution is 6.30. The maximum absolute atomic E-state index is 13.5. The summed E-state index contributed by atoms with van der Waals surface area (Å²) in [7, 11) is 1.61. The van der Waals surface area contributed by atoms with Gasteiger partial charge >= 0.3 is 0 Å². The third kappa shape index (κ3) is 4.12. The zero-order valence-electron chi connectivity index (χ0n) is 16.8. The summed E-state index contributed by atoms with van der Waals surface area (Å²) in [6.45, 7) is 0.437. The van der Waals surface area contributed by atoms with Crippen molar-refractivity contribution in [3.05, 3.63) is 94.8 Å². The molecule has 2 aromatic carbocycles. The molecule has 0 bridgehead atoms. The van der Waals surface area contributed by atoms with Crippen LogP contribution >= 0.6 is 11.6 Å². The molecule has 1 aliphatic heterocycles. The van der Waals surface area contributed by atoms with Gasteiger partial charge in [0, 0.05) is 37.4 Å². The lowest BCUT2D eigenvalue weighted by atomic mass is 9.92. The molecule has 2 unspecified atom stereocenters. The molecule has 0 saturated heterocycles. The molecular weight excluding hydrogens is 398 g/mol. The number of fused-ring (bicyclic) bond motifs is 1. The van der Waals surface area contributed by atoms with Crippen molar-refractivity contribution in [1.29, 1.82) is 0 Å². The van der Waals surface area contributed by atoms with Crippen molar-refractivity contribution in [3.63, 3.8) is 0 Å². The van der Waals surface area contributed by atoms with E-state index in [0.29, 0.717) is 18.0 Å². The summed E-state index contributed by atoms with van der Waals surface area (Å²) in [5, 5.41) is 3.37. The predicted octanol–water partition coefficient (Wildman–Crippen LogP) is 3.82. The van der Waals surface area contributed by atoms with Crippen LogP contribution in [0.1, 0.15) is 29.2 Å². The quantitative estimate of drug-likeness (QED) is 0.680. The van der Waals surface area contributed by atoms with E-state index in [-0.39, 0.29) is 24.3 Å². The Hall–Kier alpha value is -3.05. The molecule has 0 fully saturated rings. The fourth-order valence-corrected chi connectivity index (χ4v) is 4.23. The van der Waals surface area contributed by atoms with Crippen LogP contribution < -0.4 is 5.32 Å². The van der Waals surface area contributed by atoms with Crippen molar-refractivity contribution >= 4 is 23.4 Å². The average Bonchev–Trinajstić information content (AvgIpc) is 3.31. The second-order valence-corrected chi connectivity index (χ2v) is 7.96. The van der Waals surface area contributed by atoms with Crippen LogP contribution in [0.2, 0.25) is 5.02 Å². The second-order valence-electron chi connectivity index (χ2n) is 7.53. The van der Waals surface area contributed by atoms with Gasteiger partial charge in [-0.2, -0.15) is 0 Å². The number of hydrogen-bond donors (Lipinski definition) is 1. The number of benzene rings is 2. The number of rotatable bonds is 5. The molecule has 6 heteroatoms. The molecule has 2 amide bonds. The normalized spacial score (nSPS) is 16.6. The van der Waals surface area contributed by atoms with Gasteiger partial charge in [0.2, 0.25) is 11.8 Å². The minimum atomic E-state index is -0.507. The maximum Gasteiger partial charge on any atom is 0.242 e. The molecule has 2 atom stereocenters. The molecule has 5 nitrogen and oxygen atoms in total. The van der Waals surface area contributed by atoms with Crippen LogP contribution in [-0.2, 0) is 22.6 Å². The number of halogens is 1. The van der Waals surface area contributed by atoms with Gasteiger partial charge in [-0.3, -0.25) is 9.59 Å². The van der Waals surface area contributed by atoms with E-state index in [1.807, 2.05) is 77.6 Å². The third-order valence-electron chi connectivity index (χ3n) is 5.73. The van der Waals surface area contributed by atoms with Crippen LogP contribution in [-0.4, -0.2) is 34.4 Å². The highest BCUT2D eigenvalue weighted by Gasteiger charge is 2.35. The molecule has 0 saturated carbocycles. The number of aromatic nitrogens is 1. The lowest BCUT2D eigenvalue weighted by molar-refractivity contribution is -0.142. The summed E-state index contributed by atoms with van der Waals surface area (Å²) in [5.41, 5.74) is 3.21. The molecule has 0 radical (unpaired) electrons. The highest BCUT2D eigenvalue weighted by atomic mass is 35.5. The van der Waals surface area contributed by atoms with Crippen LogP contribution in [0.15, 0.2) is 73.1 Å². The lowest BCUT2D eigenvalue weighted by Gasteiger charge is -2.36. The Bertz CT molecular complexity index is 1030. The Balaban J connectivity index is 1.63. The average molecular weight is 422 g/mol. The SMILES string of the molecule is CNC(=O)C1Cc2ccccc2CN1C(=O)CC(c1ccc(Cl)cc1)n1cccc1. The van der Waals surface area contributed by atoms with E-state index < -0.39 is 6.04 Å². The van der Waals surface area contributed by atoms with E-state index >= 15 is 0 Å². The number of carbonyl (C=O) groups excluding carboxylic acids is 2. The summed E-state index contributed by atoms with van der Waals surface area (Å²) in [4.78, 5) is 27.8. The molecule has 1 aromatic heterocycles. The molecule has 4 rings (SSSR count). The Labute approximate surface area is 181 Å². The molecule has 2 heterocycles. The van der Waals surface area contributed by atoms with Gasteiger partial charge in [-0.15, -0.1) is 0 Å². The molecule has 154 valence electrons. The number of amides is 2. The van der Waals surface area contributed by atoms with Gasteiger partial charge in [0.1, 0.15) is 6.04 Å². The van der Waals surface area contributed by atoms with Crippen molar-refractivity contribution in [2.75, 3.05) is 7.05 Å². The molecule has 0 aliphatic carbocycles. The fraction of sp³-hybridized carbons (Fsp3) is 0.250. The first-order valence-corrected chi connectivity index (χ1v) is 10.4. The summed E-state index contributed by atoms with van der Waals surface area (Å²) in [5.74, 6) is -0.186. The standard InChI is InChI=1S/C24H24ClN3O2/c1-26-24(30)22-14-18-6-2-3-7-19(18)16-28(22)23(29)15-21(27-12-4-5-13-27)17-8-10-20(25)11-9-17/h2-13,21-22H,14-16H2,1H3,(H,26,30). The van der Waals surface area contributed by atoms with Crippen LogP contribution in [0, 0.1) is 0 Å². The Morgan fingerprint density at radius 2 is 1.70 bits per heavy atom. The molecule has 1 aliphatic rings. The van der Waals surface area contributed by atoms with E-state index in [1.165, 1.54) is 0 Å². The van der Waals surface area contributed by atoms with Gasteiger partial charge in [0.15, 0.2) is 0 Å². The van der Waals surface area contributed by atoms with E-state index in [0.717, 1.165) is 16.7 Å². The molecule has 3 aromatic rings. The lowest BCUT2D eigenvalue weighted by Crippen LogP contribution is -2.52. The van der Waals surface area contributed by atoms with Gasteiger partial charge in [-0.1, -0.05) is 48.0 Å². The van der Waals surface area contributed by atoms with E-state index in [1.54, 1.807) is 11.9 Å². The predicted molar refractivity (Wildman–Crippen MR) is 117 cm³/mol. The second kappa shape index (κ2) is 8.76. The van der Waals surface area contributed by atoms with Gasteiger partial charge in [0.25, 0.3) is 0 Å². The van der Waals surface area contributed by atoms with E-state index in [9.17, 15) is 9.59 Å². The minimum absolute atomic E-state index is 0.0493. The topological polar surface area (TPSA) is 54.3 Å². The van der Waals surface area contributed by atoms with Crippen LogP contribution in [0.3, 0.4) is 0 Å². The van der Waals surface area contributed by atoms with E-state index in [4.69, 9.17) is 11.6 Å². The number of nitrogens with one attached hydrogen (secondary N) is 1. The summed E-state index contributed by atoms with van der Waals surface area (Å²) >= 11 is 6.06. The maximum atomic E-state index is 13.5. The molecule has 0 spiro atoms. The Morgan fingerprint density at radius 3 is 2.37 bits per heavy atom.